The van der Waals surface area contributed by atoms with E-state index in [2.05, 4.69) is 25.9 Å². The van der Waals surface area contributed by atoms with Gasteiger partial charge in [-0.1, -0.05) is 13.8 Å². The molecule has 0 fully saturated rings. The molecule has 4 amide bonds. The van der Waals surface area contributed by atoms with Crippen molar-refractivity contribution in [1.82, 2.24) is 25.9 Å². The van der Waals surface area contributed by atoms with Crippen LogP contribution in [0.25, 0.3) is 0 Å². The molecule has 3 atom stereocenters. The normalized spacial score (nSPS) is 13.7. The lowest BCUT2D eigenvalue weighted by atomic mass is 10.1. The molecule has 0 saturated heterocycles. The number of carbonyl (C=O) groups excluding carboxylic acids is 4. The molecule has 1 heterocycles. The first kappa shape index (κ1) is 24.6. The van der Waals surface area contributed by atoms with Gasteiger partial charge in [0.1, 0.15) is 12.1 Å². The number of nitrogens with two attached hydrogens (primary N) is 2. The van der Waals surface area contributed by atoms with Crippen LogP contribution in [0.1, 0.15) is 26.0 Å². The van der Waals surface area contributed by atoms with Gasteiger partial charge in [-0.05, 0) is 5.92 Å². The third-order valence-electron chi connectivity index (χ3n) is 4.09. The quantitative estimate of drug-likeness (QED) is 0.182. The number of rotatable bonds is 12. The number of aromatic amines is 1. The number of carboxylic acid groups (broad SMARTS) is 1. The lowest BCUT2D eigenvalue weighted by molar-refractivity contribution is -0.142. The van der Waals surface area contributed by atoms with E-state index in [0.29, 0.717) is 5.69 Å². The predicted octanol–water partition coefficient (Wildman–Crippen LogP) is -3.02. The number of nitrogens with zero attached hydrogens (tertiary/aromatic N) is 1. The van der Waals surface area contributed by atoms with E-state index in [9.17, 15) is 29.1 Å². The van der Waals surface area contributed by atoms with Crippen LogP contribution in [0, 0.1) is 5.92 Å². The molecule has 0 aromatic carbocycles. The van der Waals surface area contributed by atoms with E-state index in [-0.39, 0.29) is 12.3 Å². The number of carboxylic acids is 1. The standard InChI is InChI=1S/C17H27N7O6/c1-8(2)14(19)16(28)21-6-13(26)23-10(4-12(18)25)15(27)24-11(17(29)30)3-9-5-20-7-22-9/h5,7-8,10-11,14H,3-4,6,19H2,1-2H3,(H2,18,25)(H,20,22)(H,21,28)(H,23,26)(H,24,27)(H,29,30). The van der Waals surface area contributed by atoms with Gasteiger partial charge in [-0.3, -0.25) is 19.2 Å². The highest BCUT2D eigenvalue weighted by Gasteiger charge is 2.28. The molecule has 3 unspecified atom stereocenters. The van der Waals surface area contributed by atoms with Gasteiger partial charge in [-0.25, -0.2) is 9.78 Å². The summed E-state index contributed by atoms with van der Waals surface area (Å²) in [6.45, 7) is 2.98. The number of carbonyl (C=O) groups is 5. The predicted molar refractivity (Wildman–Crippen MR) is 103 cm³/mol. The van der Waals surface area contributed by atoms with Gasteiger partial charge in [0.2, 0.25) is 23.6 Å². The molecule has 1 aromatic heterocycles. The average molecular weight is 425 g/mol. The summed E-state index contributed by atoms with van der Waals surface area (Å²) in [7, 11) is 0. The number of primary amides is 1. The number of amides is 4. The molecule has 0 aliphatic carbocycles. The molecule has 30 heavy (non-hydrogen) atoms. The van der Waals surface area contributed by atoms with Crippen molar-refractivity contribution in [3.63, 3.8) is 0 Å². The monoisotopic (exact) mass is 425 g/mol. The molecule has 1 aromatic rings. The topological polar surface area (TPSA) is 222 Å². The Bertz CT molecular complexity index is 765. The van der Waals surface area contributed by atoms with Gasteiger partial charge in [0.25, 0.3) is 0 Å². The maximum absolute atomic E-state index is 12.5. The second kappa shape index (κ2) is 11.5. The SMILES string of the molecule is CC(C)C(N)C(=O)NCC(=O)NC(CC(N)=O)C(=O)NC(Cc1cnc[nH]1)C(=O)O. The Morgan fingerprint density at radius 3 is 2.30 bits per heavy atom. The molecule has 0 spiro atoms. The van der Waals surface area contributed by atoms with E-state index in [0.717, 1.165) is 0 Å². The zero-order valence-electron chi connectivity index (χ0n) is 16.7. The van der Waals surface area contributed by atoms with Crippen LogP contribution >= 0.6 is 0 Å². The molecule has 0 bridgehead atoms. The number of hydrogen-bond donors (Lipinski definition) is 7. The number of imidazole rings is 1. The van der Waals surface area contributed by atoms with Gasteiger partial charge in [0.05, 0.1) is 25.3 Å². The van der Waals surface area contributed by atoms with E-state index in [1.165, 1.54) is 12.5 Å². The first-order chi connectivity index (χ1) is 14.0. The van der Waals surface area contributed by atoms with Crippen LogP contribution in [0.3, 0.4) is 0 Å². The Kier molecular flexibility index (Phi) is 9.42. The van der Waals surface area contributed by atoms with Crippen molar-refractivity contribution < 1.29 is 29.1 Å². The molecule has 13 heteroatoms. The molecule has 166 valence electrons. The minimum atomic E-state index is -1.42. The molecule has 9 N–H and O–H groups in total. The average Bonchev–Trinajstić information content (AvgIpc) is 3.16. The van der Waals surface area contributed by atoms with E-state index in [4.69, 9.17) is 11.5 Å². The Hall–Kier alpha value is -3.48. The fraction of sp³-hybridized carbons (Fsp3) is 0.529. The number of aliphatic carboxylic acids is 1. The molecule has 0 saturated carbocycles. The lowest BCUT2D eigenvalue weighted by Crippen LogP contribution is -2.55. The van der Waals surface area contributed by atoms with Crippen molar-refractivity contribution in [2.75, 3.05) is 6.54 Å². The zero-order valence-corrected chi connectivity index (χ0v) is 16.7. The highest BCUT2D eigenvalue weighted by atomic mass is 16.4. The lowest BCUT2D eigenvalue weighted by Gasteiger charge is -2.21. The highest BCUT2D eigenvalue weighted by Crippen LogP contribution is 2.01. The number of aromatic nitrogens is 2. The maximum Gasteiger partial charge on any atom is 0.326 e. The number of H-pyrrole nitrogens is 1. The van der Waals surface area contributed by atoms with Crippen LogP contribution in [0.2, 0.25) is 0 Å². The largest absolute Gasteiger partial charge is 0.480 e. The highest BCUT2D eigenvalue weighted by molar-refractivity contribution is 5.95. The summed E-state index contributed by atoms with van der Waals surface area (Å²) in [6, 6.07) is -3.58. The first-order valence-electron chi connectivity index (χ1n) is 9.12. The fourth-order valence-electron chi connectivity index (χ4n) is 2.33. The summed E-state index contributed by atoms with van der Waals surface area (Å²) < 4.78 is 0. The summed E-state index contributed by atoms with van der Waals surface area (Å²) in [4.78, 5) is 65.6. The van der Waals surface area contributed by atoms with E-state index in [1.807, 2.05) is 0 Å². The fourth-order valence-corrected chi connectivity index (χ4v) is 2.33. The molecule has 1 rings (SSSR count). The van der Waals surface area contributed by atoms with Crippen molar-refractivity contribution in [3.8, 4) is 0 Å². The summed E-state index contributed by atoms with van der Waals surface area (Å²) in [6.07, 6.45) is 2.09. The van der Waals surface area contributed by atoms with Crippen molar-refractivity contribution in [2.45, 2.75) is 44.8 Å². The minimum absolute atomic E-state index is 0.0958. The van der Waals surface area contributed by atoms with Gasteiger partial charge in [-0.15, -0.1) is 0 Å². The summed E-state index contributed by atoms with van der Waals surface area (Å²) in [5.41, 5.74) is 11.2. The van der Waals surface area contributed by atoms with Gasteiger partial charge in [0, 0.05) is 18.3 Å². The van der Waals surface area contributed by atoms with Crippen LogP contribution in [-0.2, 0) is 30.4 Å². The summed E-state index contributed by atoms with van der Waals surface area (Å²) in [5, 5.41) is 16.1. The third-order valence-corrected chi connectivity index (χ3v) is 4.09. The first-order valence-corrected chi connectivity index (χ1v) is 9.12. The van der Waals surface area contributed by atoms with Crippen molar-refractivity contribution in [1.29, 1.82) is 0 Å². The molecular formula is C17H27N7O6. The van der Waals surface area contributed by atoms with Crippen LogP contribution in [0.5, 0.6) is 0 Å². The van der Waals surface area contributed by atoms with Crippen molar-refractivity contribution in [2.24, 2.45) is 17.4 Å². The van der Waals surface area contributed by atoms with Gasteiger partial charge in [-0.2, -0.15) is 0 Å². The molecule has 13 nitrogen and oxygen atoms in total. The zero-order chi connectivity index (χ0) is 22.8. The van der Waals surface area contributed by atoms with E-state index >= 15 is 0 Å². The third kappa shape index (κ3) is 8.26. The second-order valence-corrected chi connectivity index (χ2v) is 6.96. The van der Waals surface area contributed by atoms with Crippen LogP contribution in [0.15, 0.2) is 12.5 Å². The Morgan fingerprint density at radius 1 is 1.13 bits per heavy atom. The molecule has 0 aliphatic heterocycles. The van der Waals surface area contributed by atoms with Crippen LogP contribution < -0.4 is 27.4 Å². The molecule has 0 radical (unpaired) electrons. The smallest absolute Gasteiger partial charge is 0.326 e. The van der Waals surface area contributed by atoms with Gasteiger partial charge in [0.15, 0.2) is 0 Å². The second-order valence-electron chi connectivity index (χ2n) is 6.96. The minimum Gasteiger partial charge on any atom is -0.480 e. The maximum atomic E-state index is 12.5. The van der Waals surface area contributed by atoms with Crippen LogP contribution in [-0.4, -0.2) is 69.3 Å². The van der Waals surface area contributed by atoms with Crippen LogP contribution in [0.4, 0.5) is 0 Å². The van der Waals surface area contributed by atoms with E-state index in [1.54, 1.807) is 13.8 Å². The molecule has 0 aliphatic rings. The summed E-state index contributed by atoms with van der Waals surface area (Å²) in [5.74, 6) is -4.61. The van der Waals surface area contributed by atoms with Gasteiger partial charge < -0.3 is 37.5 Å². The number of nitrogens with one attached hydrogen (secondary N) is 4. The van der Waals surface area contributed by atoms with Gasteiger partial charge >= 0.3 is 5.97 Å². The molecular weight excluding hydrogens is 398 g/mol. The summed E-state index contributed by atoms with van der Waals surface area (Å²) >= 11 is 0. The van der Waals surface area contributed by atoms with E-state index < -0.39 is 60.7 Å². The van der Waals surface area contributed by atoms with Crippen molar-refractivity contribution in [3.05, 3.63) is 18.2 Å². The Labute approximate surface area is 172 Å². The van der Waals surface area contributed by atoms with Crippen molar-refractivity contribution >= 4 is 29.6 Å². The number of hydrogen-bond acceptors (Lipinski definition) is 7. The Morgan fingerprint density at radius 2 is 1.80 bits per heavy atom. The Balaban J connectivity index is 2.73.